The fraction of sp³-hybridized carbons (Fsp3) is 0.409. The summed E-state index contributed by atoms with van der Waals surface area (Å²) in [5, 5.41) is 4.74. The summed E-state index contributed by atoms with van der Waals surface area (Å²) in [5.41, 5.74) is 5.38. The highest BCUT2D eigenvalue weighted by Gasteiger charge is 2.28. The number of carbonyl (C=O) groups excluding carboxylic acids is 1. The van der Waals surface area contributed by atoms with Crippen LogP contribution in [0.3, 0.4) is 0 Å². The fourth-order valence-corrected chi connectivity index (χ4v) is 4.06. The first-order valence-corrected chi connectivity index (χ1v) is 9.92. The van der Waals surface area contributed by atoms with Crippen LogP contribution in [0.4, 0.5) is 5.69 Å². The smallest absolute Gasteiger partial charge is 0.302 e. The first-order chi connectivity index (χ1) is 14.4. The topological polar surface area (TPSA) is 78.2 Å². The van der Waals surface area contributed by atoms with E-state index >= 15 is 0 Å². The van der Waals surface area contributed by atoms with Crippen molar-refractivity contribution in [2.75, 3.05) is 32.2 Å². The molecule has 3 aromatic rings. The zero-order valence-corrected chi connectivity index (χ0v) is 17.9. The summed E-state index contributed by atoms with van der Waals surface area (Å²) >= 11 is 0. The average Bonchev–Trinajstić information content (AvgIpc) is 3.30. The molecule has 0 amide bonds. The number of hydrogen-bond donors (Lipinski definition) is 0. The van der Waals surface area contributed by atoms with Gasteiger partial charge in [0.2, 0.25) is 0 Å². The molecule has 2 aromatic heterocycles. The molecule has 158 valence electrons. The molecule has 8 nitrogen and oxygen atoms in total. The maximum Gasteiger partial charge on any atom is 0.302 e. The van der Waals surface area contributed by atoms with E-state index in [1.807, 2.05) is 42.6 Å². The van der Waals surface area contributed by atoms with Gasteiger partial charge in [-0.3, -0.25) is 4.79 Å². The van der Waals surface area contributed by atoms with Crippen LogP contribution in [0.15, 0.2) is 24.3 Å². The van der Waals surface area contributed by atoms with Crippen LogP contribution >= 0.6 is 0 Å². The summed E-state index contributed by atoms with van der Waals surface area (Å²) in [6.45, 7) is 6.84. The van der Waals surface area contributed by atoms with Crippen molar-refractivity contribution in [3.05, 3.63) is 35.7 Å². The number of aryl methyl sites for hydroxylation is 2. The van der Waals surface area contributed by atoms with Gasteiger partial charge >= 0.3 is 5.97 Å². The van der Waals surface area contributed by atoms with E-state index in [0.717, 1.165) is 46.9 Å². The van der Waals surface area contributed by atoms with Crippen LogP contribution in [-0.4, -0.2) is 54.0 Å². The number of rotatable bonds is 5. The predicted octanol–water partition coefficient (Wildman–Crippen LogP) is 3.17. The molecule has 1 fully saturated rings. The van der Waals surface area contributed by atoms with Crippen molar-refractivity contribution in [1.82, 2.24) is 14.6 Å². The summed E-state index contributed by atoms with van der Waals surface area (Å²) in [6.07, 6.45) is 0.701. The molecular formula is C22H26N4O4. The molecule has 1 aromatic carbocycles. The van der Waals surface area contributed by atoms with Crippen LogP contribution in [-0.2, 0) is 9.53 Å². The summed E-state index contributed by atoms with van der Waals surface area (Å²) in [7, 11) is 3.24. The van der Waals surface area contributed by atoms with Gasteiger partial charge in [0, 0.05) is 25.5 Å². The van der Waals surface area contributed by atoms with Gasteiger partial charge in [-0.1, -0.05) is 0 Å². The second kappa shape index (κ2) is 7.85. The van der Waals surface area contributed by atoms with Crippen molar-refractivity contribution >= 4 is 17.3 Å². The number of hydrogen-bond acceptors (Lipinski definition) is 7. The number of carbonyl (C=O) groups is 1. The lowest BCUT2D eigenvalue weighted by atomic mass is 10.1. The van der Waals surface area contributed by atoms with Gasteiger partial charge in [-0.15, -0.1) is 0 Å². The number of benzene rings is 1. The van der Waals surface area contributed by atoms with Gasteiger partial charge in [0.15, 0.2) is 17.1 Å². The Hall–Kier alpha value is -3.29. The molecule has 0 N–H and O–H groups in total. The van der Waals surface area contributed by atoms with Crippen LogP contribution < -0.4 is 14.4 Å². The Labute approximate surface area is 175 Å². The van der Waals surface area contributed by atoms with E-state index < -0.39 is 0 Å². The quantitative estimate of drug-likeness (QED) is 0.598. The number of ether oxygens (including phenoxy) is 3. The third kappa shape index (κ3) is 3.53. The number of imidazole rings is 1. The summed E-state index contributed by atoms with van der Waals surface area (Å²) in [4.78, 5) is 18.4. The third-order valence-electron chi connectivity index (χ3n) is 5.34. The lowest BCUT2D eigenvalue weighted by Crippen LogP contribution is -2.25. The van der Waals surface area contributed by atoms with E-state index in [1.165, 1.54) is 6.92 Å². The van der Waals surface area contributed by atoms with E-state index in [9.17, 15) is 4.79 Å². The van der Waals surface area contributed by atoms with Gasteiger partial charge in [-0.25, -0.2) is 9.50 Å². The Morgan fingerprint density at radius 2 is 1.90 bits per heavy atom. The minimum absolute atomic E-state index is 0.0996. The molecule has 0 aliphatic carbocycles. The van der Waals surface area contributed by atoms with Crippen LogP contribution in [0.2, 0.25) is 0 Å². The highest BCUT2D eigenvalue weighted by molar-refractivity contribution is 5.77. The van der Waals surface area contributed by atoms with Crippen molar-refractivity contribution in [2.24, 2.45) is 0 Å². The zero-order chi connectivity index (χ0) is 21.4. The first kappa shape index (κ1) is 20.0. The SMILES string of the molecule is COc1ccc(-c2c(C)nc3c(N4CCC(OC(C)=O)C4)cc(C)nn23)cc1OC. The van der Waals surface area contributed by atoms with Gasteiger partial charge in [0.05, 0.1) is 43.5 Å². The molecule has 0 spiro atoms. The fourth-order valence-electron chi connectivity index (χ4n) is 4.06. The Bertz CT molecular complexity index is 1110. The standard InChI is InChI=1S/C22H26N4O4/c1-13-10-18(25-9-8-17(12-25)30-15(3)27)22-23-14(2)21(26(22)24-13)16-6-7-19(28-4)20(11-16)29-5/h6-7,10-11,17H,8-9,12H2,1-5H3. The van der Waals surface area contributed by atoms with Crippen LogP contribution in [0.1, 0.15) is 24.7 Å². The Kier molecular flexibility index (Phi) is 5.24. The minimum atomic E-state index is -0.245. The number of nitrogens with zero attached hydrogens (tertiary/aromatic N) is 4. The van der Waals surface area contributed by atoms with Crippen LogP contribution in [0.25, 0.3) is 16.9 Å². The largest absolute Gasteiger partial charge is 0.493 e. The van der Waals surface area contributed by atoms with Gasteiger partial charge < -0.3 is 19.1 Å². The predicted molar refractivity (Wildman–Crippen MR) is 113 cm³/mol. The van der Waals surface area contributed by atoms with Gasteiger partial charge in [0.1, 0.15) is 6.10 Å². The van der Waals surface area contributed by atoms with Gasteiger partial charge in [0.25, 0.3) is 0 Å². The minimum Gasteiger partial charge on any atom is -0.493 e. The molecule has 1 saturated heterocycles. The van der Waals surface area contributed by atoms with Gasteiger partial charge in [-0.05, 0) is 38.1 Å². The van der Waals surface area contributed by atoms with Crippen molar-refractivity contribution in [1.29, 1.82) is 0 Å². The van der Waals surface area contributed by atoms with Crippen molar-refractivity contribution in [3.8, 4) is 22.8 Å². The number of methoxy groups -OCH3 is 2. The molecule has 0 saturated carbocycles. The van der Waals surface area contributed by atoms with E-state index in [2.05, 4.69) is 4.90 Å². The molecule has 0 radical (unpaired) electrons. The van der Waals surface area contributed by atoms with Gasteiger partial charge in [-0.2, -0.15) is 5.10 Å². The van der Waals surface area contributed by atoms with Crippen molar-refractivity contribution < 1.29 is 19.0 Å². The molecule has 3 heterocycles. The van der Waals surface area contributed by atoms with E-state index in [-0.39, 0.29) is 12.1 Å². The molecule has 30 heavy (non-hydrogen) atoms. The number of fused-ring (bicyclic) bond motifs is 1. The summed E-state index contributed by atoms with van der Waals surface area (Å²) in [6, 6.07) is 7.84. The Morgan fingerprint density at radius 1 is 1.13 bits per heavy atom. The summed E-state index contributed by atoms with van der Waals surface area (Å²) < 4.78 is 18.1. The highest BCUT2D eigenvalue weighted by atomic mass is 16.5. The molecule has 1 aliphatic heterocycles. The Morgan fingerprint density at radius 3 is 2.60 bits per heavy atom. The maximum absolute atomic E-state index is 11.3. The van der Waals surface area contributed by atoms with E-state index in [4.69, 9.17) is 24.3 Å². The molecule has 1 aliphatic rings. The van der Waals surface area contributed by atoms with E-state index in [0.29, 0.717) is 18.0 Å². The third-order valence-corrected chi connectivity index (χ3v) is 5.34. The number of esters is 1. The lowest BCUT2D eigenvalue weighted by Gasteiger charge is -2.19. The lowest BCUT2D eigenvalue weighted by molar-refractivity contribution is -0.145. The van der Waals surface area contributed by atoms with E-state index in [1.54, 1.807) is 14.2 Å². The molecular weight excluding hydrogens is 384 g/mol. The molecule has 1 unspecified atom stereocenters. The highest BCUT2D eigenvalue weighted by Crippen LogP contribution is 2.35. The second-order valence-electron chi connectivity index (χ2n) is 7.49. The van der Waals surface area contributed by atoms with Crippen molar-refractivity contribution in [3.63, 3.8) is 0 Å². The second-order valence-corrected chi connectivity index (χ2v) is 7.49. The van der Waals surface area contributed by atoms with Crippen LogP contribution in [0.5, 0.6) is 11.5 Å². The van der Waals surface area contributed by atoms with Crippen molar-refractivity contribution in [2.45, 2.75) is 33.3 Å². The maximum atomic E-state index is 11.3. The normalized spacial score (nSPS) is 16.2. The Balaban J connectivity index is 1.79. The molecule has 4 rings (SSSR count). The van der Waals surface area contributed by atoms with Crippen LogP contribution in [0, 0.1) is 13.8 Å². The zero-order valence-electron chi connectivity index (χ0n) is 17.9. The summed E-state index contributed by atoms with van der Waals surface area (Å²) in [5.74, 6) is 1.08. The molecule has 0 bridgehead atoms. The molecule has 8 heteroatoms. The number of aromatic nitrogens is 3. The average molecular weight is 410 g/mol. The first-order valence-electron chi connectivity index (χ1n) is 9.92. The molecule has 1 atom stereocenters. The number of anilines is 1. The monoisotopic (exact) mass is 410 g/mol.